The molecule has 0 aromatic carbocycles. The number of carbonyl (C=O) groups excluding carboxylic acids is 1. The Morgan fingerprint density at radius 3 is 2.84 bits per heavy atom. The van der Waals surface area contributed by atoms with Gasteiger partial charge in [-0.25, -0.2) is 4.98 Å². The first-order chi connectivity index (χ1) is 9.02. The minimum absolute atomic E-state index is 0.241. The number of piperidine rings is 1. The van der Waals surface area contributed by atoms with Crippen LogP contribution in [0, 0.1) is 0 Å². The van der Waals surface area contributed by atoms with Crippen LogP contribution >= 0.6 is 0 Å². The molecule has 2 atom stereocenters. The number of anilines is 2. The lowest BCUT2D eigenvalue weighted by Gasteiger charge is -2.38. The number of pyridine rings is 1. The first kappa shape index (κ1) is 13.6. The van der Waals surface area contributed by atoms with Crippen molar-refractivity contribution >= 4 is 17.4 Å². The monoisotopic (exact) mass is 264 g/mol. The molecule has 1 saturated heterocycles. The van der Waals surface area contributed by atoms with Gasteiger partial charge in [-0.3, -0.25) is 4.79 Å². The quantitative estimate of drug-likeness (QED) is 0.840. The van der Waals surface area contributed by atoms with Crippen LogP contribution in [0.5, 0.6) is 0 Å². The molecule has 1 fully saturated rings. The van der Waals surface area contributed by atoms with Crippen LogP contribution < -0.4 is 16.4 Å². The third-order valence-electron chi connectivity index (χ3n) is 3.59. The molecule has 2 rings (SSSR count). The molecule has 4 N–H and O–H groups in total. The Morgan fingerprint density at radius 2 is 2.26 bits per heavy atom. The van der Waals surface area contributed by atoms with E-state index in [-0.39, 0.29) is 17.8 Å². The number of carbonyl (C=O) groups is 1. The van der Waals surface area contributed by atoms with Crippen molar-refractivity contribution in [1.82, 2.24) is 4.98 Å². The fraction of sp³-hybridized carbons (Fsp3) is 0.538. The Bertz CT molecular complexity index is 478. The van der Waals surface area contributed by atoms with Crippen molar-refractivity contribution < 1.29 is 9.53 Å². The molecule has 1 aromatic heterocycles. The number of hydrogen-bond acceptors (Lipinski definition) is 5. The van der Waals surface area contributed by atoms with Gasteiger partial charge in [0.2, 0.25) is 0 Å². The number of nitrogens with zero attached hydrogens (tertiary/aromatic N) is 2. The van der Waals surface area contributed by atoms with Gasteiger partial charge in [0.15, 0.2) is 5.82 Å². The number of nitrogen functional groups attached to an aromatic ring is 1. The van der Waals surface area contributed by atoms with Crippen LogP contribution in [-0.4, -0.2) is 36.7 Å². The van der Waals surface area contributed by atoms with E-state index in [0.717, 1.165) is 19.4 Å². The zero-order valence-corrected chi connectivity index (χ0v) is 11.3. The lowest BCUT2D eigenvalue weighted by molar-refractivity contribution is 0.0719. The van der Waals surface area contributed by atoms with Gasteiger partial charge in [0, 0.05) is 19.7 Å². The van der Waals surface area contributed by atoms with Crippen molar-refractivity contribution in [2.45, 2.75) is 31.9 Å². The van der Waals surface area contributed by atoms with Gasteiger partial charge in [-0.15, -0.1) is 0 Å². The van der Waals surface area contributed by atoms with Crippen LogP contribution in [0.1, 0.15) is 30.3 Å². The SMILES string of the molecule is COC1CCN(c2nc(C(N)=O)ccc2N)C(C)C1. The summed E-state index contributed by atoms with van der Waals surface area (Å²) in [4.78, 5) is 17.6. The molecule has 0 radical (unpaired) electrons. The Kier molecular flexibility index (Phi) is 3.90. The molecule has 0 bridgehead atoms. The summed E-state index contributed by atoms with van der Waals surface area (Å²) in [6.45, 7) is 2.91. The van der Waals surface area contributed by atoms with Gasteiger partial charge in [0.05, 0.1) is 11.8 Å². The number of primary amides is 1. The van der Waals surface area contributed by atoms with E-state index in [2.05, 4.69) is 16.8 Å². The van der Waals surface area contributed by atoms with Crippen LogP contribution in [0.15, 0.2) is 12.1 Å². The lowest BCUT2D eigenvalue weighted by atomic mass is 10.0. The van der Waals surface area contributed by atoms with Gasteiger partial charge < -0.3 is 21.1 Å². The third-order valence-corrected chi connectivity index (χ3v) is 3.59. The number of rotatable bonds is 3. The maximum atomic E-state index is 11.2. The second-order valence-corrected chi connectivity index (χ2v) is 4.90. The largest absolute Gasteiger partial charge is 0.396 e. The van der Waals surface area contributed by atoms with Crippen molar-refractivity contribution in [3.8, 4) is 0 Å². The van der Waals surface area contributed by atoms with Crippen LogP contribution in [0.4, 0.5) is 11.5 Å². The van der Waals surface area contributed by atoms with Crippen molar-refractivity contribution in [1.29, 1.82) is 0 Å². The van der Waals surface area contributed by atoms with Crippen LogP contribution in [-0.2, 0) is 4.74 Å². The van der Waals surface area contributed by atoms with Crippen LogP contribution in [0.2, 0.25) is 0 Å². The predicted octanol–water partition coefficient (Wildman–Crippen LogP) is 0.766. The van der Waals surface area contributed by atoms with E-state index in [0.29, 0.717) is 11.5 Å². The second-order valence-electron chi connectivity index (χ2n) is 4.90. The molecule has 1 amide bonds. The number of aromatic nitrogens is 1. The highest BCUT2D eigenvalue weighted by molar-refractivity contribution is 5.91. The molecular weight excluding hydrogens is 244 g/mol. The summed E-state index contributed by atoms with van der Waals surface area (Å²) in [5.74, 6) is 0.0963. The molecule has 0 spiro atoms. The molecule has 1 aliphatic rings. The minimum atomic E-state index is -0.541. The average molecular weight is 264 g/mol. The van der Waals surface area contributed by atoms with E-state index in [9.17, 15) is 4.79 Å². The fourth-order valence-corrected chi connectivity index (χ4v) is 2.48. The summed E-state index contributed by atoms with van der Waals surface area (Å²) in [5.41, 5.74) is 12.0. The summed E-state index contributed by atoms with van der Waals surface area (Å²) in [5, 5.41) is 0. The Hall–Kier alpha value is -1.82. The van der Waals surface area contributed by atoms with Gasteiger partial charge in [0.1, 0.15) is 5.69 Å². The van der Waals surface area contributed by atoms with E-state index < -0.39 is 5.91 Å². The molecule has 6 heteroatoms. The summed E-state index contributed by atoms with van der Waals surface area (Å²) in [6.07, 6.45) is 2.10. The topological polar surface area (TPSA) is 94.5 Å². The average Bonchev–Trinajstić information content (AvgIpc) is 2.39. The van der Waals surface area contributed by atoms with E-state index in [1.165, 1.54) is 0 Å². The predicted molar refractivity (Wildman–Crippen MR) is 74.0 cm³/mol. The highest BCUT2D eigenvalue weighted by Crippen LogP contribution is 2.28. The number of amides is 1. The molecule has 0 saturated carbocycles. The summed E-state index contributed by atoms with van der Waals surface area (Å²) < 4.78 is 5.39. The van der Waals surface area contributed by atoms with Crippen molar-refractivity contribution in [2.75, 3.05) is 24.3 Å². The van der Waals surface area contributed by atoms with Gasteiger partial charge >= 0.3 is 0 Å². The molecule has 0 aliphatic carbocycles. The van der Waals surface area contributed by atoms with E-state index in [1.54, 1.807) is 19.2 Å². The van der Waals surface area contributed by atoms with Crippen molar-refractivity contribution in [3.63, 3.8) is 0 Å². The van der Waals surface area contributed by atoms with Gasteiger partial charge in [-0.2, -0.15) is 0 Å². The van der Waals surface area contributed by atoms with Crippen molar-refractivity contribution in [3.05, 3.63) is 17.8 Å². The van der Waals surface area contributed by atoms with E-state index in [4.69, 9.17) is 16.2 Å². The molecule has 2 heterocycles. The van der Waals surface area contributed by atoms with Gasteiger partial charge in [-0.1, -0.05) is 0 Å². The Morgan fingerprint density at radius 1 is 1.53 bits per heavy atom. The molecule has 1 aromatic rings. The number of methoxy groups -OCH3 is 1. The Labute approximate surface area is 112 Å². The van der Waals surface area contributed by atoms with E-state index in [1.807, 2.05) is 0 Å². The van der Waals surface area contributed by atoms with Crippen molar-refractivity contribution in [2.24, 2.45) is 5.73 Å². The third kappa shape index (κ3) is 2.78. The molecule has 1 aliphatic heterocycles. The molecule has 2 unspecified atom stereocenters. The summed E-state index contributed by atoms with van der Waals surface area (Å²) in [7, 11) is 1.73. The van der Waals surface area contributed by atoms with Crippen LogP contribution in [0.3, 0.4) is 0 Å². The smallest absolute Gasteiger partial charge is 0.267 e. The maximum Gasteiger partial charge on any atom is 0.267 e. The van der Waals surface area contributed by atoms with Crippen LogP contribution in [0.25, 0.3) is 0 Å². The molecule has 19 heavy (non-hydrogen) atoms. The first-order valence-corrected chi connectivity index (χ1v) is 6.38. The molecule has 6 nitrogen and oxygen atoms in total. The highest BCUT2D eigenvalue weighted by Gasteiger charge is 2.27. The number of ether oxygens (including phenoxy) is 1. The first-order valence-electron chi connectivity index (χ1n) is 6.38. The zero-order chi connectivity index (χ0) is 14.0. The Balaban J connectivity index is 2.26. The lowest BCUT2D eigenvalue weighted by Crippen LogP contribution is -2.44. The summed E-state index contributed by atoms with van der Waals surface area (Å²) >= 11 is 0. The number of nitrogens with two attached hydrogens (primary N) is 2. The van der Waals surface area contributed by atoms with Gasteiger partial charge in [0.25, 0.3) is 5.91 Å². The molecule has 104 valence electrons. The minimum Gasteiger partial charge on any atom is -0.396 e. The molecular formula is C13H20N4O2. The van der Waals surface area contributed by atoms with E-state index >= 15 is 0 Å². The second kappa shape index (κ2) is 5.44. The van der Waals surface area contributed by atoms with Gasteiger partial charge in [-0.05, 0) is 31.9 Å². The fourth-order valence-electron chi connectivity index (χ4n) is 2.48. The number of hydrogen-bond donors (Lipinski definition) is 2. The summed E-state index contributed by atoms with van der Waals surface area (Å²) in [6, 6.07) is 3.49. The normalized spacial score (nSPS) is 23.4. The highest BCUT2D eigenvalue weighted by atomic mass is 16.5. The maximum absolute atomic E-state index is 11.2. The standard InChI is InChI=1S/C13H20N4O2/c1-8-7-9(19-2)5-6-17(8)13-10(14)3-4-11(16-13)12(15)18/h3-4,8-9H,5-7,14H2,1-2H3,(H2,15,18). The zero-order valence-electron chi connectivity index (χ0n) is 11.3.